The summed E-state index contributed by atoms with van der Waals surface area (Å²) in [4.78, 5) is 27.7. The number of hydrogen-bond donors (Lipinski definition) is 1. The van der Waals surface area contributed by atoms with Crippen LogP contribution in [-0.4, -0.2) is 42.5 Å². The number of ether oxygens (including phenoxy) is 2. The average Bonchev–Trinajstić information content (AvgIpc) is 3.16. The average molecular weight is 488 g/mol. The Hall–Kier alpha value is -4.39. The van der Waals surface area contributed by atoms with E-state index in [4.69, 9.17) is 9.47 Å². The molecular weight excluding hydrogens is 461 g/mol. The highest BCUT2D eigenvalue weighted by Crippen LogP contribution is 2.38. The van der Waals surface area contributed by atoms with Crippen molar-refractivity contribution in [3.63, 3.8) is 0 Å². The number of nitrogens with zero attached hydrogens (tertiary/aromatic N) is 1. The van der Waals surface area contributed by atoms with Crippen molar-refractivity contribution >= 4 is 17.8 Å². The number of halogens is 1. The molecule has 0 aromatic heterocycles. The molecule has 0 saturated heterocycles. The van der Waals surface area contributed by atoms with Crippen molar-refractivity contribution in [1.82, 2.24) is 4.90 Å². The number of allylic oxidation sites excluding steroid dienone is 1. The van der Waals surface area contributed by atoms with Crippen LogP contribution in [0.1, 0.15) is 22.7 Å². The van der Waals surface area contributed by atoms with E-state index in [9.17, 15) is 19.1 Å². The molecule has 1 unspecified atom stereocenters. The van der Waals surface area contributed by atoms with E-state index in [2.05, 4.69) is 0 Å². The van der Waals surface area contributed by atoms with Gasteiger partial charge in [0.25, 0.3) is 5.91 Å². The molecule has 1 atom stereocenters. The van der Waals surface area contributed by atoms with Crippen LogP contribution in [-0.2, 0) is 16.0 Å². The third-order valence-electron chi connectivity index (χ3n) is 6.05. The van der Waals surface area contributed by atoms with Gasteiger partial charge >= 0.3 is 0 Å². The molecule has 1 heterocycles. The number of hydrogen-bond acceptors (Lipinski definition) is 5. The largest absolute Gasteiger partial charge is 0.503 e. The van der Waals surface area contributed by atoms with Crippen molar-refractivity contribution < 1.29 is 28.6 Å². The Morgan fingerprint density at radius 1 is 1.00 bits per heavy atom. The second-order valence-corrected chi connectivity index (χ2v) is 8.27. The first-order chi connectivity index (χ1) is 17.4. The summed E-state index contributed by atoms with van der Waals surface area (Å²) in [6, 6.07) is 19.4. The maximum atomic E-state index is 14.1. The Bertz CT molecular complexity index is 1330. The first-order valence-electron chi connectivity index (χ1n) is 11.4. The summed E-state index contributed by atoms with van der Waals surface area (Å²) in [7, 11) is 3.08. The molecule has 1 aliphatic rings. The van der Waals surface area contributed by atoms with Gasteiger partial charge in [-0.05, 0) is 53.5 Å². The number of carbonyl (C=O) groups excluding carboxylic acids is 2. The molecule has 3 aromatic carbocycles. The van der Waals surface area contributed by atoms with Gasteiger partial charge in [-0.2, -0.15) is 0 Å². The smallest absolute Gasteiger partial charge is 0.290 e. The monoisotopic (exact) mass is 487 g/mol. The zero-order valence-corrected chi connectivity index (χ0v) is 20.0. The molecule has 0 spiro atoms. The van der Waals surface area contributed by atoms with Gasteiger partial charge in [0.2, 0.25) is 0 Å². The Balaban J connectivity index is 1.65. The normalized spacial score (nSPS) is 15.6. The predicted octanol–water partition coefficient (Wildman–Crippen LogP) is 5.06. The minimum atomic E-state index is -0.929. The lowest BCUT2D eigenvalue weighted by Gasteiger charge is -2.27. The molecule has 0 radical (unpaired) electrons. The maximum absolute atomic E-state index is 14.1. The first-order valence-corrected chi connectivity index (χ1v) is 11.4. The Kier molecular flexibility index (Phi) is 7.49. The van der Waals surface area contributed by atoms with Gasteiger partial charge in [0.15, 0.2) is 23.0 Å². The third-order valence-corrected chi connectivity index (χ3v) is 6.05. The number of ketones is 1. The summed E-state index contributed by atoms with van der Waals surface area (Å²) in [5.74, 6) is -1.20. The summed E-state index contributed by atoms with van der Waals surface area (Å²) in [6.45, 7) is 0.179. The fraction of sp³-hybridized carbons (Fsp3) is 0.172. The molecule has 0 bridgehead atoms. The van der Waals surface area contributed by atoms with Gasteiger partial charge in [-0.3, -0.25) is 9.59 Å². The van der Waals surface area contributed by atoms with E-state index in [1.165, 1.54) is 36.3 Å². The van der Waals surface area contributed by atoms with Gasteiger partial charge in [-0.15, -0.1) is 0 Å². The number of amides is 1. The molecule has 1 amide bonds. The van der Waals surface area contributed by atoms with Crippen molar-refractivity contribution in [3.05, 3.63) is 113 Å². The Morgan fingerprint density at radius 3 is 2.44 bits per heavy atom. The van der Waals surface area contributed by atoms with E-state index >= 15 is 0 Å². The van der Waals surface area contributed by atoms with E-state index in [1.807, 2.05) is 36.4 Å². The number of aliphatic hydroxyl groups is 1. The van der Waals surface area contributed by atoms with Crippen LogP contribution >= 0.6 is 0 Å². The van der Waals surface area contributed by atoms with Gasteiger partial charge in [-0.25, -0.2) is 4.39 Å². The molecule has 0 saturated carbocycles. The SMILES string of the molecule is COc1ccc(CCN2C(=O)C(O)=C(C(=O)/C=C/c3ccccc3)C2c2cccc(F)c2)cc1OC. The lowest BCUT2D eigenvalue weighted by Crippen LogP contribution is -2.33. The molecule has 0 fully saturated rings. The second-order valence-electron chi connectivity index (χ2n) is 8.27. The molecular formula is C29H26FNO5. The Morgan fingerprint density at radius 2 is 1.75 bits per heavy atom. The number of carbonyl (C=O) groups is 2. The standard InChI is InChI=1S/C29H26FNO5/c1-35-24-14-12-20(17-25(24)36-2)15-16-31-27(21-9-6-10-22(30)18-21)26(28(33)29(31)34)23(32)13-11-19-7-4-3-5-8-19/h3-14,17-18,27,33H,15-16H2,1-2H3/b13-11+. The lowest BCUT2D eigenvalue weighted by atomic mass is 9.95. The maximum Gasteiger partial charge on any atom is 0.290 e. The summed E-state index contributed by atoms with van der Waals surface area (Å²) in [5.41, 5.74) is 1.98. The molecule has 1 aliphatic heterocycles. The van der Waals surface area contributed by atoms with Crippen LogP contribution in [0.5, 0.6) is 11.5 Å². The zero-order chi connectivity index (χ0) is 25.7. The van der Waals surface area contributed by atoms with Crippen LogP contribution in [0, 0.1) is 5.82 Å². The van der Waals surface area contributed by atoms with Gasteiger partial charge < -0.3 is 19.5 Å². The number of benzene rings is 3. The fourth-order valence-corrected chi connectivity index (χ4v) is 4.27. The molecule has 0 aliphatic carbocycles. The summed E-state index contributed by atoms with van der Waals surface area (Å²) in [5, 5.41) is 10.7. The van der Waals surface area contributed by atoms with E-state index < -0.39 is 29.3 Å². The van der Waals surface area contributed by atoms with Gasteiger partial charge in [0.05, 0.1) is 25.8 Å². The highest BCUT2D eigenvalue weighted by molar-refractivity contribution is 6.14. The van der Waals surface area contributed by atoms with E-state index in [0.29, 0.717) is 23.5 Å². The summed E-state index contributed by atoms with van der Waals surface area (Å²) < 4.78 is 24.8. The lowest BCUT2D eigenvalue weighted by molar-refractivity contribution is -0.129. The zero-order valence-electron chi connectivity index (χ0n) is 20.0. The van der Waals surface area contributed by atoms with Crippen molar-refractivity contribution in [2.45, 2.75) is 12.5 Å². The first kappa shape index (κ1) is 24.7. The predicted molar refractivity (Wildman–Crippen MR) is 134 cm³/mol. The number of methoxy groups -OCH3 is 2. The topological polar surface area (TPSA) is 76.1 Å². The number of rotatable bonds is 9. The molecule has 7 heteroatoms. The van der Waals surface area contributed by atoms with Crippen LogP contribution in [0.2, 0.25) is 0 Å². The molecule has 3 aromatic rings. The van der Waals surface area contributed by atoms with Crippen LogP contribution in [0.15, 0.2) is 90.2 Å². The molecule has 4 rings (SSSR count). The van der Waals surface area contributed by atoms with E-state index in [-0.39, 0.29) is 12.1 Å². The Labute approximate surface area is 208 Å². The minimum Gasteiger partial charge on any atom is -0.503 e. The van der Waals surface area contributed by atoms with Gasteiger partial charge in [0, 0.05) is 6.54 Å². The van der Waals surface area contributed by atoms with Crippen molar-refractivity contribution in [2.24, 2.45) is 0 Å². The van der Waals surface area contributed by atoms with Gasteiger partial charge in [-0.1, -0.05) is 54.6 Å². The van der Waals surface area contributed by atoms with Crippen LogP contribution in [0.4, 0.5) is 4.39 Å². The van der Waals surface area contributed by atoms with E-state index in [1.54, 1.807) is 31.4 Å². The highest BCUT2D eigenvalue weighted by atomic mass is 19.1. The minimum absolute atomic E-state index is 0.0786. The van der Waals surface area contributed by atoms with Crippen molar-refractivity contribution in [2.75, 3.05) is 20.8 Å². The van der Waals surface area contributed by atoms with Crippen LogP contribution in [0.25, 0.3) is 6.08 Å². The quantitative estimate of drug-likeness (QED) is 0.427. The van der Waals surface area contributed by atoms with Crippen molar-refractivity contribution in [1.29, 1.82) is 0 Å². The van der Waals surface area contributed by atoms with Gasteiger partial charge in [0.1, 0.15) is 5.82 Å². The summed E-state index contributed by atoms with van der Waals surface area (Å²) in [6.07, 6.45) is 3.34. The molecule has 36 heavy (non-hydrogen) atoms. The molecule has 6 nitrogen and oxygen atoms in total. The van der Waals surface area contributed by atoms with Crippen LogP contribution < -0.4 is 9.47 Å². The molecule has 1 N–H and O–H groups in total. The van der Waals surface area contributed by atoms with E-state index in [0.717, 1.165) is 11.1 Å². The number of aliphatic hydroxyl groups excluding tert-OH is 1. The van der Waals surface area contributed by atoms with Crippen molar-refractivity contribution in [3.8, 4) is 11.5 Å². The summed E-state index contributed by atoms with van der Waals surface area (Å²) >= 11 is 0. The van der Waals surface area contributed by atoms with Crippen LogP contribution in [0.3, 0.4) is 0 Å². The third kappa shape index (κ3) is 5.15. The second kappa shape index (κ2) is 10.9. The fourth-order valence-electron chi connectivity index (χ4n) is 4.27. The molecule has 184 valence electrons. The highest BCUT2D eigenvalue weighted by Gasteiger charge is 2.42.